The van der Waals surface area contributed by atoms with Crippen LogP contribution in [0.2, 0.25) is 14.8 Å². The van der Waals surface area contributed by atoms with Gasteiger partial charge in [-0.25, -0.2) is 0 Å². The molecule has 0 saturated carbocycles. The molecule has 0 amide bonds. The van der Waals surface area contributed by atoms with Gasteiger partial charge >= 0.3 is 177 Å². The Morgan fingerprint density at radius 1 is 0.821 bits per heavy atom. The van der Waals surface area contributed by atoms with Gasteiger partial charge in [0.05, 0.1) is 0 Å². The molecule has 1 fully saturated rings. The van der Waals surface area contributed by atoms with Crippen LogP contribution in [0.5, 0.6) is 0 Å². The van der Waals surface area contributed by atoms with E-state index in [1.807, 2.05) is 18.2 Å². The Kier molecular flexibility index (Phi) is 6.00. The molecule has 152 valence electrons. The van der Waals surface area contributed by atoms with E-state index in [1.54, 1.807) is 0 Å². The molecule has 2 nitrogen and oxygen atoms in total. The van der Waals surface area contributed by atoms with E-state index in [2.05, 4.69) is 83.6 Å². The summed E-state index contributed by atoms with van der Waals surface area (Å²) in [5.41, 5.74) is -0.235. The summed E-state index contributed by atoms with van der Waals surface area (Å²) in [6.45, 7) is 9.14. The Balaban J connectivity index is 2.39. The van der Waals surface area contributed by atoms with E-state index in [0.717, 1.165) is 23.5 Å². The van der Waals surface area contributed by atoms with Gasteiger partial charge in [-0.1, -0.05) is 0 Å². The Morgan fingerprint density at radius 3 is 1.86 bits per heavy atom. The van der Waals surface area contributed by atoms with Gasteiger partial charge < -0.3 is 0 Å². The first-order chi connectivity index (χ1) is 12.9. The second kappa shape index (κ2) is 7.60. The summed E-state index contributed by atoms with van der Waals surface area (Å²) < 4.78 is 19.2. The molecule has 28 heavy (non-hydrogen) atoms. The van der Waals surface area contributed by atoms with Crippen molar-refractivity contribution in [3.8, 4) is 0 Å². The molecule has 4 heteroatoms. The summed E-state index contributed by atoms with van der Waals surface area (Å²) >= 11 is -2.49. The van der Waals surface area contributed by atoms with Crippen LogP contribution in [0.4, 0.5) is 0 Å². The first-order valence-electron chi connectivity index (χ1n) is 10.5. The molecule has 3 rings (SSSR count). The van der Waals surface area contributed by atoms with E-state index in [4.69, 9.17) is 0 Å². The number of rotatable bonds is 4. The van der Waals surface area contributed by atoms with E-state index < -0.39 is 25.7 Å². The topological polar surface area (TPSA) is 20.3 Å². The fraction of sp³-hybridized carbons (Fsp3) is 0.500. The Morgan fingerprint density at radius 2 is 1.32 bits per heavy atom. The predicted octanol–water partition coefficient (Wildman–Crippen LogP) is 5.50. The van der Waals surface area contributed by atoms with Crippen LogP contribution in [0.3, 0.4) is 0 Å². The van der Waals surface area contributed by atoms with Crippen LogP contribution in [-0.4, -0.2) is 34.1 Å². The van der Waals surface area contributed by atoms with E-state index in [1.165, 1.54) is 10.0 Å². The maximum absolute atomic E-state index is 15.4. The Bertz CT molecular complexity index is 867. The van der Waals surface area contributed by atoms with Crippen LogP contribution in [0.15, 0.2) is 54.6 Å². The quantitative estimate of drug-likeness (QED) is 0.405. The van der Waals surface area contributed by atoms with Crippen molar-refractivity contribution in [2.75, 3.05) is 0 Å². The fourth-order valence-electron chi connectivity index (χ4n) is 5.11. The van der Waals surface area contributed by atoms with Crippen LogP contribution in [-0.2, 0) is 4.57 Å². The van der Waals surface area contributed by atoms with Crippen LogP contribution in [0.25, 0.3) is 0 Å². The average Bonchev–Trinajstić information content (AvgIpc) is 2.60. The summed E-state index contributed by atoms with van der Waals surface area (Å²) in [5.74, 6) is 0. The molecule has 0 spiro atoms. The van der Waals surface area contributed by atoms with E-state index in [0.29, 0.717) is 0 Å². The number of hydrogen-bond donors (Lipinski definition) is 0. The third kappa shape index (κ3) is 3.89. The first-order valence-corrected chi connectivity index (χ1v) is 22.1. The maximum atomic E-state index is 15.4. The number of nitrogens with zero attached hydrogens (tertiary/aromatic N) is 1. The number of benzene rings is 2. The SMILES string of the molecule is CC1(C)CCCC(C)(C)N1P(=O)(c1ccccc1)c1cccc[c]1[Sn]([CH3])([CH3])[CH3]. The van der Waals surface area contributed by atoms with Gasteiger partial charge in [0.25, 0.3) is 0 Å². The van der Waals surface area contributed by atoms with Gasteiger partial charge in [-0.05, 0) is 0 Å². The van der Waals surface area contributed by atoms with Crippen LogP contribution in [0.1, 0.15) is 47.0 Å². The normalized spacial score (nSPS) is 21.8. The molecule has 1 aliphatic heterocycles. The van der Waals surface area contributed by atoms with Crippen LogP contribution in [0, 0.1) is 0 Å². The van der Waals surface area contributed by atoms with Crippen molar-refractivity contribution in [1.29, 1.82) is 0 Å². The molecule has 0 aliphatic carbocycles. The van der Waals surface area contributed by atoms with E-state index in [9.17, 15) is 0 Å². The summed E-state index contributed by atoms with van der Waals surface area (Å²) in [6.07, 6.45) is 3.34. The van der Waals surface area contributed by atoms with Gasteiger partial charge in [0.1, 0.15) is 0 Å². The van der Waals surface area contributed by atoms with E-state index >= 15 is 4.57 Å². The molecule has 1 atom stereocenters. The van der Waals surface area contributed by atoms with Crippen molar-refractivity contribution in [3.05, 3.63) is 54.6 Å². The Labute approximate surface area is 176 Å². The average molecular weight is 504 g/mol. The molecule has 2 aromatic rings. The standard InChI is InChI=1S/C21H27NOP.3CH3.Sn/c1-20(2)16-11-17-21(3,4)22(20)24(23,18-12-7-5-8-13-18)19-14-9-6-10-15-19;;;;/h5-10,12-14H,11,16-17H2,1-4H3;3*1H3;. The summed E-state index contributed by atoms with van der Waals surface area (Å²) in [7, 11) is -2.99. The number of piperidine rings is 1. The molecule has 1 unspecified atom stereocenters. The van der Waals surface area contributed by atoms with Crippen molar-refractivity contribution < 1.29 is 4.57 Å². The Hall–Kier alpha value is -0.571. The molecule has 2 aromatic carbocycles. The van der Waals surface area contributed by atoms with Crippen molar-refractivity contribution in [1.82, 2.24) is 4.67 Å². The first kappa shape index (κ1) is 22.1. The number of hydrogen-bond acceptors (Lipinski definition) is 1. The van der Waals surface area contributed by atoms with Crippen molar-refractivity contribution in [3.63, 3.8) is 0 Å². The molecule has 1 saturated heterocycles. The molecule has 1 heterocycles. The van der Waals surface area contributed by atoms with Gasteiger partial charge in [0, 0.05) is 0 Å². The minimum atomic E-state index is -2.99. The van der Waals surface area contributed by atoms with Gasteiger partial charge in [0.15, 0.2) is 0 Å². The fourth-order valence-corrected chi connectivity index (χ4v) is 16.5. The summed E-state index contributed by atoms with van der Waals surface area (Å²) in [5, 5.41) is 2.06. The van der Waals surface area contributed by atoms with Gasteiger partial charge in [-0.3, -0.25) is 0 Å². The molecular formula is C24H36NOPSn. The third-order valence-corrected chi connectivity index (χ3v) is 16.3. The van der Waals surface area contributed by atoms with Crippen LogP contribution >= 0.6 is 7.29 Å². The monoisotopic (exact) mass is 505 g/mol. The summed E-state index contributed by atoms with van der Waals surface area (Å²) in [6, 6.07) is 18.9. The van der Waals surface area contributed by atoms with Crippen molar-refractivity contribution in [2.45, 2.75) is 72.9 Å². The zero-order valence-corrected chi connectivity index (χ0v) is 22.4. The molecule has 1 aliphatic rings. The van der Waals surface area contributed by atoms with Gasteiger partial charge in [-0.2, -0.15) is 0 Å². The van der Waals surface area contributed by atoms with Crippen molar-refractivity contribution in [2.24, 2.45) is 0 Å². The zero-order valence-electron chi connectivity index (χ0n) is 18.6. The molecular weight excluding hydrogens is 468 g/mol. The van der Waals surface area contributed by atoms with Crippen molar-refractivity contribution >= 4 is 39.9 Å². The molecule has 0 N–H and O–H groups in total. The molecule has 0 radical (unpaired) electrons. The minimum absolute atomic E-state index is 0.117. The van der Waals surface area contributed by atoms with Crippen LogP contribution < -0.4 is 14.2 Å². The van der Waals surface area contributed by atoms with Gasteiger partial charge in [-0.15, -0.1) is 0 Å². The zero-order chi connectivity index (χ0) is 20.8. The second-order valence-corrected chi connectivity index (χ2v) is 27.4. The summed E-state index contributed by atoms with van der Waals surface area (Å²) in [4.78, 5) is 7.28. The third-order valence-electron chi connectivity index (χ3n) is 6.15. The van der Waals surface area contributed by atoms with Gasteiger partial charge in [0.2, 0.25) is 0 Å². The van der Waals surface area contributed by atoms with E-state index in [-0.39, 0.29) is 11.1 Å². The second-order valence-electron chi connectivity index (χ2n) is 10.5. The molecule has 0 aromatic heterocycles. The predicted molar refractivity (Wildman–Crippen MR) is 127 cm³/mol. The molecule has 0 bridgehead atoms.